The highest BCUT2D eigenvalue weighted by molar-refractivity contribution is 5.91. The lowest BCUT2D eigenvalue weighted by atomic mass is 10.2. The highest BCUT2D eigenvalue weighted by atomic mass is 16.2. The minimum absolute atomic E-state index is 0.0608. The number of carbonyl (C=O) groups is 1. The maximum absolute atomic E-state index is 12.1. The van der Waals surface area contributed by atoms with Crippen LogP contribution < -0.4 is 0 Å². The summed E-state index contributed by atoms with van der Waals surface area (Å²) in [5.41, 5.74) is 0.379. The van der Waals surface area contributed by atoms with Crippen LogP contribution in [0.5, 0.6) is 0 Å². The van der Waals surface area contributed by atoms with E-state index in [2.05, 4.69) is 34.2 Å². The van der Waals surface area contributed by atoms with E-state index >= 15 is 0 Å². The third-order valence-corrected chi connectivity index (χ3v) is 2.32. The minimum Gasteiger partial charge on any atom is -0.336 e. The number of nitrogens with one attached hydrogen (secondary N) is 1. The fourth-order valence-electron chi connectivity index (χ4n) is 1.50. The molecule has 0 aromatic carbocycles. The predicted molar refractivity (Wildman–Crippen MR) is 65.7 cm³/mol. The van der Waals surface area contributed by atoms with Gasteiger partial charge in [-0.1, -0.05) is 13.8 Å². The van der Waals surface area contributed by atoms with Crippen LogP contribution in [-0.2, 0) is 0 Å². The summed E-state index contributed by atoms with van der Waals surface area (Å²) < 4.78 is 0. The topological polar surface area (TPSA) is 65.1 Å². The normalized spacial score (nSPS) is 11.2. The van der Waals surface area contributed by atoms with Crippen LogP contribution in [0.2, 0.25) is 0 Å². The van der Waals surface area contributed by atoms with Gasteiger partial charge in [0.2, 0.25) is 0 Å². The lowest BCUT2D eigenvalue weighted by Crippen LogP contribution is -2.39. The third-order valence-electron chi connectivity index (χ3n) is 2.32. The maximum Gasteiger partial charge on any atom is 0.276 e. The van der Waals surface area contributed by atoms with Crippen LogP contribution in [0.15, 0.2) is 6.20 Å². The van der Waals surface area contributed by atoms with Crippen molar-refractivity contribution in [1.82, 2.24) is 25.2 Å². The molecule has 1 amide bonds. The van der Waals surface area contributed by atoms with Crippen molar-refractivity contribution >= 4 is 5.91 Å². The molecule has 1 heterocycles. The fourth-order valence-corrected chi connectivity index (χ4v) is 1.50. The van der Waals surface area contributed by atoms with E-state index in [1.165, 1.54) is 6.20 Å². The summed E-state index contributed by atoms with van der Waals surface area (Å²) in [6.07, 6.45) is 1.46. The van der Waals surface area contributed by atoms with Gasteiger partial charge in [-0.15, -0.1) is 0 Å². The Morgan fingerprint density at radius 3 is 2.59 bits per heavy atom. The first-order valence-corrected chi connectivity index (χ1v) is 5.80. The van der Waals surface area contributed by atoms with Crippen molar-refractivity contribution in [2.75, 3.05) is 33.7 Å². The van der Waals surface area contributed by atoms with Gasteiger partial charge in [-0.25, -0.2) is 0 Å². The van der Waals surface area contributed by atoms with Gasteiger partial charge in [0, 0.05) is 19.6 Å². The lowest BCUT2D eigenvalue weighted by molar-refractivity contribution is 0.0718. The van der Waals surface area contributed by atoms with Crippen molar-refractivity contribution < 1.29 is 4.79 Å². The van der Waals surface area contributed by atoms with Crippen molar-refractivity contribution in [2.24, 2.45) is 5.92 Å². The molecule has 0 aliphatic heterocycles. The molecule has 1 aromatic rings. The first kappa shape index (κ1) is 13.6. The number of nitrogens with zero attached hydrogens (tertiary/aromatic N) is 4. The Balaban J connectivity index is 2.65. The molecule has 6 nitrogen and oxygen atoms in total. The summed E-state index contributed by atoms with van der Waals surface area (Å²) >= 11 is 0. The van der Waals surface area contributed by atoms with Gasteiger partial charge in [0.1, 0.15) is 0 Å². The molecule has 17 heavy (non-hydrogen) atoms. The van der Waals surface area contributed by atoms with Crippen LogP contribution in [0.25, 0.3) is 0 Å². The van der Waals surface area contributed by atoms with E-state index in [4.69, 9.17) is 0 Å². The van der Waals surface area contributed by atoms with Gasteiger partial charge in [-0.05, 0) is 20.0 Å². The van der Waals surface area contributed by atoms with Gasteiger partial charge in [-0.2, -0.15) is 15.4 Å². The van der Waals surface area contributed by atoms with E-state index in [0.29, 0.717) is 18.2 Å². The van der Waals surface area contributed by atoms with E-state index in [0.717, 1.165) is 13.1 Å². The number of rotatable bonds is 6. The van der Waals surface area contributed by atoms with Crippen molar-refractivity contribution in [2.45, 2.75) is 13.8 Å². The average Bonchev–Trinajstić information content (AvgIpc) is 2.75. The smallest absolute Gasteiger partial charge is 0.276 e. The molecule has 0 fully saturated rings. The zero-order valence-corrected chi connectivity index (χ0v) is 11.0. The fraction of sp³-hybridized carbons (Fsp3) is 0.727. The summed E-state index contributed by atoms with van der Waals surface area (Å²) in [7, 11) is 3.99. The van der Waals surface area contributed by atoms with Gasteiger partial charge >= 0.3 is 0 Å². The number of likely N-dealkylation sites (N-methyl/N-ethyl adjacent to an activating group) is 1. The monoisotopic (exact) mass is 239 g/mol. The van der Waals surface area contributed by atoms with Crippen LogP contribution in [-0.4, -0.2) is 64.8 Å². The van der Waals surface area contributed by atoms with Gasteiger partial charge < -0.3 is 9.80 Å². The average molecular weight is 239 g/mol. The summed E-state index contributed by atoms with van der Waals surface area (Å²) in [5, 5.41) is 9.96. The standard InChI is InChI=1S/C11H21N5O/c1-9(2)8-16(6-5-15(3)4)11(17)10-7-12-14-13-10/h7,9H,5-6,8H2,1-4H3,(H,12,13,14). The van der Waals surface area contributed by atoms with E-state index in [1.807, 2.05) is 19.0 Å². The Bertz CT molecular complexity index is 334. The molecule has 0 aliphatic rings. The molecule has 0 radical (unpaired) electrons. The van der Waals surface area contributed by atoms with E-state index in [9.17, 15) is 4.79 Å². The summed E-state index contributed by atoms with van der Waals surface area (Å²) in [6, 6.07) is 0. The molecule has 0 saturated carbocycles. The Morgan fingerprint density at radius 1 is 1.41 bits per heavy atom. The largest absolute Gasteiger partial charge is 0.336 e. The van der Waals surface area contributed by atoms with Crippen LogP contribution in [0, 0.1) is 5.92 Å². The van der Waals surface area contributed by atoms with E-state index in [-0.39, 0.29) is 5.91 Å². The molecule has 1 rings (SSSR count). The van der Waals surface area contributed by atoms with Gasteiger partial charge in [0.05, 0.1) is 6.20 Å². The first-order valence-electron chi connectivity index (χ1n) is 5.80. The molecular weight excluding hydrogens is 218 g/mol. The van der Waals surface area contributed by atoms with Crippen LogP contribution >= 0.6 is 0 Å². The molecule has 0 aliphatic carbocycles. The number of aromatic nitrogens is 3. The summed E-state index contributed by atoms with van der Waals surface area (Å²) in [6.45, 7) is 6.48. The SMILES string of the molecule is CC(C)CN(CCN(C)C)C(=O)c1cn[nH]n1. The van der Waals surface area contributed by atoms with Gasteiger partial charge in [-0.3, -0.25) is 4.79 Å². The highest BCUT2D eigenvalue weighted by Gasteiger charge is 2.18. The Labute approximate surface area is 102 Å². The van der Waals surface area contributed by atoms with Crippen LogP contribution in [0.4, 0.5) is 0 Å². The third kappa shape index (κ3) is 4.52. The number of aromatic amines is 1. The number of amides is 1. The number of carbonyl (C=O) groups excluding carboxylic acids is 1. The number of hydrogen-bond acceptors (Lipinski definition) is 4. The summed E-state index contributed by atoms with van der Waals surface area (Å²) in [4.78, 5) is 16.0. The quantitative estimate of drug-likeness (QED) is 0.783. The molecule has 0 atom stereocenters. The zero-order chi connectivity index (χ0) is 12.8. The molecule has 1 N–H and O–H groups in total. The van der Waals surface area contributed by atoms with E-state index in [1.54, 1.807) is 0 Å². The second-order valence-corrected chi connectivity index (χ2v) is 4.80. The van der Waals surface area contributed by atoms with Crippen molar-refractivity contribution in [3.05, 3.63) is 11.9 Å². The van der Waals surface area contributed by atoms with Crippen LogP contribution in [0.3, 0.4) is 0 Å². The zero-order valence-electron chi connectivity index (χ0n) is 11.0. The number of hydrogen-bond donors (Lipinski definition) is 1. The second kappa shape index (κ2) is 6.34. The van der Waals surface area contributed by atoms with Crippen molar-refractivity contribution in [1.29, 1.82) is 0 Å². The molecule has 0 spiro atoms. The molecule has 1 aromatic heterocycles. The van der Waals surface area contributed by atoms with Crippen molar-refractivity contribution in [3.8, 4) is 0 Å². The lowest BCUT2D eigenvalue weighted by Gasteiger charge is -2.25. The Morgan fingerprint density at radius 2 is 2.12 bits per heavy atom. The molecule has 0 saturated heterocycles. The molecular formula is C11H21N5O. The Hall–Kier alpha value is -1.43. The van der Waals surface area contributed by atoms with Crippen LogP contribution in [0.1, 0.15) is 24.3 Å². The van der Waals surface area contributed by atoms with Gasteiger partial charge in [0.25, 0.3) is 5.91 Å². The minimum atomic E-state index is -0.0608. The van der Waals surface area contributed by atoms with Gasteiger partial charge in [0.15, 0.2) is 5.69 Å². The van der Waals surface area contributed by atoms with E-state index < -0.39 is 0 Å². The molecule has 0 unspecified atom stereocenters. The number of H-pyrrole nitrogens is 1. The first-order chi connectivity index (χ1) is 8.00. The predicted octanol–water partition coefficient (Wildman–Crippen LogP) is 0.465. The second-order valence-electron chi connectivity index (χ2n) is 4.80. The molecule has 6 heteroatoms. The molecule has 96 valence electrons. The highest BCUT2D eigenvalue weighted by Crippen LogP contribution is 2.04. The summed E-state index contributed by atoms with van der Waals surface area (Å²) in [5.74, 6) is 0.377. The van der Waals surface area contributed by atoms with Crippen molar-refractivity contribution in [3.63, 3.8) is 0 Å². The molecule has 0 bridgehead atoms. The maximum atomic E-state index is 12.1. The Kier molecular flexibility index (Phi) is 5.09.